The lowest BCUT2D eigenvalue weighted by atomic mass is 10.1. The molecule has 0 amide bonds. The molecule has 0 unspecified atom stereocenters. The Bertz CT molecular complexity index is 969. The third-order valence-corrected chi connectivity index (χ3v) is 3.65. The van der Waals surface area contributed by atoms with Gasteiger partial charge in [0.15, 0.2) is 0 Å². The molecule has 0 aliphatic rings. The van der Waals surface area contributed by atoms with Gasteiger partial charge in [-0.15, -0.1) is 0 Å². The van der Waals surface area contributed by atoms with Gasteiger partial charge in [0.2, 0.25) is 0 Å². The van der Waals surface area contributed by atoms with Gasteiger partial charge in [0.25, 0.3) is 0 Å². The fourth-order valence-electron chi connectivity index (χ4n) is 2.70. The lowest BCUT2D eigenvalue weighted by molar-refractivity contribution is 1.09. The number of pyridine rings is 1. The normalized spacial score (nSPS) is 11.3. The molecule has 0 aliphatic heterocycles. The van der Waals surface area contributed by atoms with E-state index in [9.17, 15) is 0 Å². The lowest BCUT2D eigenvalue weighted by Gasteiger charge is -2.10. The number of rotatable bonds is 1. The lowest BCUT2D eigenvalue weighted by Crippen LogP contribution is -1.97. The first-order valence-corrected chi connectivity index (χ1v) is 6.82. The van der Waals surface area contributed by atoms with E-state index in [-0.39, 0.29) is 0 Å². The molecule has 0 aliphatic carbocycles. The molecule has 0 bridgehead atoms. The Kier molecular flexibility index (Phi) is 2.44. The maximum absolute atomic E-state index is 5.94. The van der Waals surface area contributed by atoms with Crippen molar-refractivity contribution in [1.82, 2.24) is 14.5 Å². The summed E-state index contributed by atoms with van der Waals surface area (Å²) in [7, 11) is 0. The molecule has 2 aromatic carbocycles. The molecular weight excluding hydrogens is 260 g/mol. The fourth-order valence-corrected chi connectivity index (χ4v) is 2.70. The van der Waals surface area contributed by atoms with Crippen LogP contribution in [-0.2, 0) is 0 Å². The van der Waals surface area contributed by atoms with Gasteiger partial charge >= 0.3 is 0 Å². The Morgan fingerprint density at radius 2 is 1.86 bits per heavy atom. The molecule has 4 nitrogen and oxygen atoms in total. The summed E-state index contributed by atoms with van der Waals surface area (Å²) < 4.78 is 2.09. The van der Waals surface area contributed by atoms with Gasteiger partial charge in [-0.2, -0.15) is 0 Å². The van der Waals surface area contributed by atoms with E-state index in [1.807, 2.05) is 49.6 Å². The SMILES string of the molecule is Cc1cc(-n2cnc3ccccc32)c2cc(N)ccc2n1. The minimum Gasteiger partial charge on any atom is -0.399 e. The molecule has 0 radical (unpaired) electrons. The second-order valence-electron chi connectivity index (χ2n) is 5.16. The quantitative estimate of drug-likeness (QED) is 0.541. The number of para-hydroxylation sites is 2. The summed E-state index contributed by atoms with van der Waals surface area (Å²) >= 11 is 0. The van der Waals surface area contributed by atoms with E-state index in [1.54, 1.807) is 0 Å². The molecule has 4 aromatic rings. The number of aryl methyl sites for hydroxylation is 1. The first kappa shape index (κ1) is 11.9. The van der Waals surface area contributed by atoms with Crippen molar-refractivity contribution in [1.29, 1.82) is 0 Å². The molecule has 0 saturated carbocycles. The van der Waals surface area contributed by atoms with E-state index in [4.69, 9.17) is 5.73 Å². The van der Waals surface area contributed by atoms with Gasteiger partial charge in [-0.05, 0) is 43.3 Å². The molecule has 0 atom stereocenters. The second-order valence-corrected chi connectivity index (χ2v) is 5.16. The van der Waals surface area contributed by atoms with Crippen LogP contribution in [0.5, 0.6) is 0 Å². The Labute approximate surface area is 121 Å². The van der Waals surface area contributed by atoms with Crippen molar-refractivity contribution < 1.29 is 0 Å². The van der Waals surface area contributed by atoms with Crippen molar-refractivity contribution >= 4 is 27.6 Å². The van der Waals surface area contributed by atoms with Gasteiger partial charge in [-0.3, -0.25) is 9.55 Å². The third-order valence-electron chi connectivity index (χ3n) is 3.65. The first-order valence-electron chi connectivity index (χ1n) is 6.82. The summed E-state index contributed by atoms with van der Waals surface area (Å²) in [6, 6.07) is 16.0. The largest absolute Gasteiger partial charge is 0.399 e. The van der Waals surface area contributed by atoms with Crippen LogP contribution in [0.3, 0.4) is 0 Å². The number of imidazole rings is 1. The molecule has 0 spiro atoms. The van der Waals surface area contributed by atoms with E-state index in [0.29, 0.717) is 0 Å². The summed E-state index contributed by atoms with van der Waals surface area (Å²) in [5, 5.41) is 1.03. The molecule has 0 saturated heterocycles. The molecule has 102 valence electrons. The minimum absolute atomic E-state index is 0.735. The van der Waals surface area contributed by atoms with Gasteiger partial charge < -0.3 is 5.73 Å². The molecule has 2 heterocycles. The first-order chi connectivity index (χ1) is 10.2. The van der Waals surface area contributed by atoms with Crippen LogP contribution in [0.25, 0.3) is 27.6 Å². The summed E-state index contributed by atoms with van der Waals surface area (Å²) in [6.45, 7) is 2.00. The van der Waals surface area contributed by atoms with Crippen molar-refractivity contribution in [2.24, 2.45) is 0 Å². The molecule has 2 aromatic heterocycles. The zero-order valence-corrected chi connectivity index (χ0v) is 11.6. The maximum Gasteiger partial charge on any atom is 0.100 e. The number of nitrogens with zero attached hydrogens (tertiary/aromatic N) is 3. The Balaban J connectivity index is 2.12. The predicted octanol–water partition coefficient (Wildman–Crippen LogP) is 3.46. The van der Waals surface area contributed by atoms with Crippen molar-refractivity contribution in [3.05, 3.63) is 60.6 Å². The number of hydrogen-bond donors (Lipinski definition) is 1. The van der Waals surface area contributed by atoms with Gasteiger partial charge in [0.1, 0.15) is 6.33 Å². The van der Waals surface area contributed by atoms with Crippen molar-refractivity contribution in [2.45, 2.75) is 6.92 Å². The number of fused-ring (bicyclic) bond motifs is 2. The monoisotopic (exact) mass is 274 g/mol. The van der Waals surface area contributed by atoms with E-state index in [2.05, 4.69) is 26.7 Å². The average molecular weight is 274 g/mol. The average Bonchev–Trinajstić information content (AvgIpc) is 2.91. The molecule has 4 rings (SSSR count). The van der Waals surface area contributed by atoms with E-state index in [1.165, 1.54) is 0 Å². The smallest absolute Gasteiger partial charge is 0.100 e. The predicted molar refractivity (Wildman–Crippen MR) is 85.5 cm³/mol. The van der Waals surface area contributed by atoms with Crippen LogP contribution in [0.2, 0.25) is 0 Å². The summed E-state index contributed by atoms with van der Waals surface area (Å²) in [5.41, 5.74) is 11.7. The zero-order valence-electron chi connectivity index (χ0n) is 11.6. The van der Waals surface area contributed by atoms with Gasteiger partial charge in [-0.1, -0.05) is 12.1 Å². The van der Waals surface area contributed by atoms with Crippen LogP contribution in [0.15, 0.2) is 54.9 Å². The Hall–Kier alpha value is -2.88. The van der Waals surface area contributed by atoms with Crippen molar-refractivity contribution in [3.8, 4) is 5.69 Å². The zero-order chi connectivity index (χ0) is 14.4. The van der Waals surface area contributed by atoms with Crippen LogP contribution in [-0.4, -0.2) is 14.5 Å². The number of benzene rings is 2. The number of nitrogen functional groups attached to an aromatic ring is 1. The molecular formula is C17H14N4. The van der Waals surface area contributed by atoms with E-state index < -0.39 is 0 Å². The summed E-state index contributed by atoms with van der Waals surface area (Å²) in [4.78, 5) is 9.04. The minimum atomic E-state index is 0.735. The maximum atomic E-state index is 5.94. The van der Waals surface area contributed by atoms with Crippen LogP contribution in [0.1, 0.15) is 5.69 Å². The Morgan fingerprint density at radius 1 is 1.00 bits per heavy atom. The highest BCUT2D eigenvalue weighted by molar-refractivity contribution is 5.92. The van der Waals surface area contributed by atoms with Crippen molar-refractivity contribution in [3.63, 3.8) is 0 Å². The van der Waals surface area contributed by atoms with Crippen LogP contribution in [0, 0.1) is 6.92 Å². The molecule has 2 N–H and O–H groups in total. The number of hydrogen-bond acceptors (Lipinski definition) is 3. The third kappa shape index (κ3) is 1.84. The van der Waals surface area contributed by atoms with Crippen molar-refractivity contribution in [2.75, 3.05) is 5.73 Å². The number of aromatic nitrogens is 3. The fraction of sp³-hybridized carbons (Fsp3) is 0.0588. The molecule has 21 heavy (non-hydrogen) atoms. The number of nitrogens with two attached hydrogens (primary N) is 1. The molecule has 4 heteroatoms. The Morgan fingerprint density at radius 3 is 2.76 bits per heavy atom. The van der Waals surface area contributed by atoms with Gasteiger partial charge in [0.05, 0.1) is 22.2 Å². The highest BCUT2D eigenvalue weighted by Crippen LogP contribution is 2.27. The van der Waals surface area contributed by atoms with Crippen LogP contribution >= 0.6 is 0 Å². The standard InChI is InChI=1S/C17H14N4/c1-11-8-17(13-9-12(18)6-7-14(13)20-11)21-10-19-15-4-2-3-5-16(15)21/h2-10H,18H2,1H3. The molecule has 0 fully saturated rings. The van der Waals surface area contributed by atoms with E-state index >= 15 is 0 Å². The van der Waals surface area contributed by atoms with E-state index in [0.717, 1.165) is 39.0 Å². The summed E-state index contributed by atoms with van der Waals surface area (Å²) in [6.07, 6.45) is 1.85. The second kappa shape index (κ2) is 4.31. The summed E-state index contributed by atoms with van der Waals surface area (Å²) in [5.74, 6) is 0. The highest BCUT2D eigenvalue weighted by Gasteiger charge is 2.09. The topological polar surface area (TPSA) is 56.7 Å². The van der Waals surface area contributed by atoms with Crippen LogP contribution < -0.4 is 5.73 Å². The number of anilines is 1. The van der Waals surface area contributed by atoms with Crippen LogP contribution in [0.4, 0.5) is 5.69 Å². The van der Waals surface area contributed by atoms with Gasteiger partial charge in [-0.25, -0.2) is 4.98 Å². The highest BCUT2D eigenvalue weighted by atomic mass is 15.1. The van der Waals surface area contributed by atoms with Gasteiger partial charge in [0, 0.05) is 16.8 Å².